The number of anilines is 2. The molecule has 1 fully saturated rings. The van der Waals surface area contributed by atoms with Crippen molar-refractivity contribution >= 4 is 44.2 Å². The monoisotopic (exact) mass is 612 g/mol. The van der Waals surface area contributed by atoms with E-state index in [1.54, 1.807) is 4.72 Å². The van der Waals surface area contributed by atoms with E-state index in [4.69, 9.17) is 11.6 Å². The average molecular weight is 613 g/mol. The number of aromatic nitrogens is 2. The molecular weight excluding hydrogens is 591 g/mol. The van der Waals surface area contributed by atoms with E-state index in [1.165, 1.54) is 24.4 Å². The van der Waals surface area contributed by atoms with Crippen molar-refractivity contribution < 1.29 is 35.5 Å². The van der Waals surface area contributed by atoms with Crippen LogP contribution in [0.2, 0.25) is 5.02 Å². The highest BCUT2D eigenvalue weighted by molar-refractivity contribution is 7.92. The van der Waals surface area contributed by atoms with Crippen molar-refractivity contribution in [2.24, 2.45) is 0 Å². The van der Waals surface area contributed by atoms with E-state index in [0.29, 0.717) is 41.8 Å². The van der Waals surface area contributed by atoms with Gasteiger partial charge in [0.1, 0.15) is 10.7 Å². The van der Waals surface area contributed by atoms with Crippen LogP contribution in [-0.2, 0) is 16.2 Å². The minimum atomic E-state index is -5.04. The van der Waals surface area contributed by atoms with E-state index in [0.717, 1.165) is 31.0 Å². The molecule has 1 saturated carbocycles. The Morgan fingerprint density at radius 3 is 2.41 bits per heavy atom. The van der Waals surface area contributed by atoms with Crippen LogP contribution in [0.3, 0.4) is 0 Å². The number of aliphatic hydroxyl groups is 1. The van der Waals surface area contributed by atoms with Gasteiger partial charge in [-0.05, 0) is 73.7 Å². The summed E-state index contributed by atoms with van der Waals surface area (Å²) in [7, 11) is -5.00. The highest BCUT2D eigenvalue weighted by atomic mass is 35.5. The lowest BCUT2D eigenvalue weighted by Gasteiger charge is -2.26. The lowest BCUT2D eigenvalue weighted by molar-refractivity contribution is -0.139. The number of aliphatic hydroxyl groups excluding tert-OH is 1. The smallest absolute Gasteiger partial charge is 0.393 e. The third-order valence-corrected chi connectivity index (χ3v) is 8.41. The fraction of sp³-hybridized carbons (Fsp3) is 0.259. The molecule has 0 bridgehead atoms. The number of hydrogen-bond donors (Lipinski definition) is 3. The number of alkyl halides is 3. The number of sulfonamides is 1. The van der Waals surface area contributed by atoms with Crippen LogP contribution < -0.4 is 10.0 Å². The minimum absolute atomic E-state index is 0.0258. The maximum atomic E-state index is 15.6. The van der Waals surface area contributed by atoms with Crippen LogP contribution in [0.4, 0.5) is 33.6 Å². The summed E-state index contributed by atoms with van der Waals surface area (Å²) in [5.74, 6) is -2.00. The van der Waals surface area contributed by atoms with Gasteiger partial charge in [-0.3, -0.25) is 4.72 Å². The van der Waals surface area contributed by atoms with Crippen molar-refractivity contribution in [1.82, 2.24) is 9.97 Å². The molecule has 0 radical (unpaired) electrons. The van der Waals surface area contributed by atoms with Gasteiger partial charge in [0.15, 0.2) is 5.82 Å². The third kappa shape index (κ3) is 6.21. The molecule has 1 aromatic heterocycles. The molecule has 7 nitrogen and oxygen atoms in total. The van der Waals surface area contributed by atoms with Crippen molar-refractivity contribution in [3.05, 3.63) is 76.9 Å². The Hall–Kier alpha value is -3.55. The zero-order chi connectivity index (χ0) is 29.5. The van der Waals surface area contributed by atoms with Crippen molar-refractivity contribution in [2.45, 2.75) is 48.9 Å². The molecule has 0 amide bonds. The minimum Gasteiger partial charge on any atom is -0.393 e. The molecule has 0 spiro atoms. The summed E-state index contributed by atoms with van der Waals surface area (Å²) in [6.45, 7) is 0. The Bertz CT molecular complexity index is 1730. The first-order valence-corrected chi connectivity index (χ1v) is 14.3. The topological polar surface area (TPSA) is 104 Å². The second-order valence-electron chi connectivity index (χ2n) is 9.64. The van der Waals surface area contributed by atoms with Gasteiger partial charge in [-0.2, -0.15) is 13.2 Å². The second-order valence-corrected chi connectivity index (χ2v) is 11.7. The van der Waals surface area contributed by atoms with Crippen LogP contribution in [0, 0.1) is 11.6 Å². The number of rotatable bonds is 6. The molecule has 4 aromatic rings. The Labute approximate surface area is 236 Å². The Morgan fingerprint density at radius 1 is 0.976 bits per heavy atom. The van der Waals surface area contributed by atoms with Gasteiger partial charge in [-0.25, -0.2) is 27.2 Å². The summed E-state index contributed by atoms with van der Waals surface area (Å²) in [5, 5.41) is 13.0. The van der Waals surface area contributed by atoms with E-state index in [1.807, 2.05) is 0 Å². The average Bonchev–Trinajstić information content (AvgIpc) is 2.91. The fourth-order valence-electron chi connectivity index (χ4n) is 4.71. The first-order valence-electron chi connectivity index (χ1n) is 12.4. The van der Waals surface area contributed by atoms with Crippen LogP contribution in [0.15, 0.2) is 59.6 Å². The van der Waals surface area contributed by atoms with Crippen molar-refractivity contribution in [3.63, 3.8) is 0 Å². The molecule has 216 valence electrons. The number of halogens is 6. The molecule has 0 atom stereocenters. The highest BCUT2D eigenvalue weighted by Gasteiger charge is 2.37. The van der Waals surface area contributed by atoms with Gasteiger partial charge in [-0.1, -0.05) is 17.7 Å². The molecule has 14 heteroatoms. The van der Waals surface area contributed by atoms with Gasteiger partial charge in [-0.15, -0.1) is 0 Å². The van der Waals surface area contributed by atoms with Crippen LogP contribution in [0.5, 0.6) is 0 Å². The Morgan fingerprint density at radius 2 is 1.71 bits per heavy atom. The largest absolute Gasteiger partial charge is 0.417 e. The lowest BCUT2D eigenvalue weighted by atomic mass is 9.93. The van der Waals surface area contributed by atoms with Gasteiger partial charge in [0, 0.05) is 22.6 Å². The van der Waals surface area contributed by atoms with Gasteiger partial charge < -0.3 is 10.4 Å². The summed E-state index contributed by atoms with van der Waals surface area (Å²) in [6, 6.07) is 7.96. The van der Waals surface area contributed by atoms with Gasteiger partial charge >= 0.3 is 6.18 Å². The Balaban J connectivity index is 1.45. The van der Waals surface area contributed by atoms with E-state index in [2.05, 4.69) is 15.3 Å². The van der Waals surface area contributed by atoms with Crippen molar-refractivity contribution in [3.8, 4) is 11.1 Å². The zero-order valence-electron chi connectivity index (χ0n) is 21.0. The summed E-state index contributed by atoms with van der Waals surface area (Å²) >= 11 is 5.74. The molecule has 3 N–H and O–H groups in total. The van der Waals surface area contributed by atoms with Crippen LogP contribution in [0.25, 0.3) is 22.0 Å². The molecule has 0 unspecified atom stereocenters. The predicted octanol–water partition coefficient (Wildman–Crippen LogP) is 6.76. The van der Waals surface area contributed by atoms with Gasteiger partial charge in [0.25, 0.3) is 10.0 Å². The SMILES string of the molecule is O=S(=O)(Nc1ccc(F)c(-c2ccc3nc(N[C@H]4CC[C@H](O)CC4)ncc3c2)c1F)c1cc(Cl)ccc1C(F)(F)F. The predicted molar refractivity (Wildman–Crippen MR) is 144 cm³/mol. The first kappa shape index (κ1) is 29.0. The summed E-state index contributed by atoms with van der Waals surface area (Å²) < 4.78 is 98.4. The normalized spacial score (nSPS) is 17.9. The zero-order valence-corrected chi connectivity index (χ0v) is 22.6. The standard InChI is InChI=1S/C27H22ClF5N4O3S/c28-16-2-7-19(27(31,32)33)23(12-16)41(39,40)37-22-10-8-20(29)24(25(22)30)14-1-9-21-15(11-14)13-34-26(36-21)35-17-3-5-18(38)6-4-17/h1-2,7-13,17-18,37-38H,3-6H2,(H,34,35,36)/t17-,18-. The molecule has 5 rings (SSSR count). The maximum absolute atomic E-state index is 15.6. The van der Waals surface area contributed by atoms with E-state index in [-0.39, 0.29) is 22.7 Å². The molecule has 1 aliphatic carbocycles. The summed E-state index contributed by atoms with van der Waals surface area (Å²) in [6.07, 6.45) is -1.03. The molecule has 1 aliphatic rings. The van der Waals surface area contributed by atoms with Gasteiger partial charge in [0.2, 0.25) is 5.95 Å². The summed E-state index contributed by atoms with van der Waals surface area (Å²) in [5.41, 5.74) is -2.36. The lowest BCUT2D eigenvalue weighted by Crippen LogP contribution is -2.28. The number of nitrogens with zero attached hydrogens (tertiary/aromatic N) is 2. The molecule has 3 aromatic carbocycles. The van der Waals surface area contributed by atoms with E-state index >= 15 is 4.39 Å². The number of fused-ring (bicyclic) bond motifs is 1. The van der Waals surface area contributed by atoms with Crippen molar-refractivity contribution in [1.29, 1.82) is 0 Å². The molecule has 41 heavy (non-hydrogen) atoms. The molecular formula is C27H22ClF5N4O3S. The number of nitrogens with one attached hydrogen (secondary N) is 2. The van der Waals surface area contributed by atoms with E-state index in [9.17, 15) is 31.1 Å². The second kappa shape index (κ2) is 11.0. The number of benzene rings is 3. The fourth-order valence-corrected chi connectivity index (χ4v) is 6.26. The third-order valence-electron chi connectivity index (χ3n) is 6.77. The highest BCUT2D eigenvalue weighted by Crippen LogP contribution is 2.38. The molecule has 1 heterocycles. The number of hydrogen-bond acceptors (Lipinski definition) is 6. The van der Waals surface area contributed by atoms with Gasteiger partial charge in [0.05, 0.1) is 28.4 Å². The molecule has 0 aliphatic heterocycles. The maximum Gasteiger partial charge on any atom is 0.417 e. The van der Waals surface area contributed by atoms with Crippen LogP contribution in [-0.4, -0.2) is 35.6 Å². The van der Waals surface area contributed by atoms with Crippen molar-refractivity contribution in [2.75, 3.05) is 10.0 Å². The summed E-state index contributed by atoms with van der Waals surface area (Å²) in [4.78, 5) is 7.50. The first-order chi connectivity index (χ1) is 19.3. The molecule has 0 saturated heterocycles. The van der Waals surface area contributed by atoms with Crippen LogP contribution >= 0.6 is 11.6 Å². The van der Waals surface area contributed by atoms with E-state index < -0.39 is 49.5 Å². The quantitative estimate of drug-likeness (QED) is 0.208. The van der Waals surface area contributed by atoms with Crippen LogP contribution in [0.1, 0.15) is 31.2 Å². The Kier molecular flexibility index (Phi) is 7.79.